The van der Waals surface area contributed by atoms with Crippen molar-refractivity contribution in [3.05, 3.63) is 18.6 Å². The van der Waals surface area contributed by atoms with Crippen LogP contribution in [0.15, 0.2) is 18.6 Å². The summed E-state index contributed by atoms with van der Waals surface area (Å²) in [5.41, 5.74) is 1.45. The van der Waals surface area contributed by atoms with E-state index < -0.39 is 8.07 Å². The molecule has 0 spiro atoms. The molecule has 27 heavy (non-hydrogen) atoms. The van der Waals surface area contributed by atoms with Crippen LogP contribution < -0.4 is 4.90 Å². The van der Waals surface area contributed by atoms with Crippen molar-refractivity contribution in [2.45, 2.75) is 65.0 Å². The van der Waals surface area contributed by atoms with Gasteiger partial charge in [-0.2, -0.15) is 0 Å². The van der Waals surface area contributed by atoms with E-state index in [1.807, 2.05) is 0 Å². The Balaban J connectivity index is 1.49. The standard InChI is InChI=1S/C21H34N4OSi/c1-21-9-5-6-17(21)7-10-24(14-21)19-18-8-11-25(20(18)23-15-22-19)16-26-12-13-27(2,3)4/h8,11,15,17H,5-7,9-10,12-14,16H2,1-4H3/t17-,21+/m0/s1. The van der Waals surface area contributed by atoms with Crippen molar-refractivity contribution in [2.24, 2.45) is 11.3 Å². The fourth-order valence-electron chi connectivity index (χ4n) is 4.90. The first-order chi connectivity index (χ1) is 12.9. The third kappa shape index (κ3) is 3.92. The van der Waals surface area contributed by atoms with Gasteiger partial charge in [-0.3, -0.25) is 0 Å². The Morgan fingerprint density at radius 3 is 2.93 bits per heavy atom. The molecule has 0 N–H and O–H groups in total. The number of anilines is 1. The van der Waals surface area contributed by atoms with Crippen LogP contribution in [0.5, 0.6) is 0 Å². The Kier molecular flexibility index (Phi) is 5.05. The summed E-state index contributed by atoms with van der Waals surface area (Å²) in [7, 11) is -1.05. The highest BCUT2D eigenvalue weighted by Gasteiger charge is 2.43. The van der Waals surface area contributed by atoms with Crippen molar-refractivity contribution in [1.82, 2.24) is 14.5 Å². The summed E-state index contributed by atoms with van der Waals surface area (Å²) in [6.07, 6.45) is 9.27. The molecule has 1 aliphatic heterocycles. The molecule has 1 saturated carbocycles. The second-order valence-electron chi connectivity index (χ2n) is 10.0. The second kappa shape index (κ2) is 7.21. The van der Waals surface area contributed by atoms with Crippen LogP contribution in [-0.2, 0) is 11.5 Å². The lowest BCUT2D eigenvalue weighted by Crippen LogP contribution is -2.45. The monoisotopic (exact) mass is 386 g/mol. The Labute approximate surface area is 164 Å². The van der Waals surface area contributed by atoms with Crippen LogP contribution in [0.25, 0.3) is 11.0 Å². The SMILES string of the molecule is C[C@]12CCC[C@H]1CCN(c1ncnc3c1ccn3COCC[Si](C)(C)C)C2. The third-order valence-corrected chi connectivity index (χ3v) is 8.35. The first-order valence-electron chi connectivity index (χ1n) is 10.5. The summed E-state index contributed by atoms with van der Waals surface area (Å²) in [5, 5.41) is 1.16. The lowest BCUT2D eigenvalue weighted by atomic mass is 9.75. The summed E-state index contributed by atoms with van der Waals surface area (Å²) >= 11 is 0. The smallest absolute Gasteiger partial charge is 0.147 e. The lowest BCUT2D eigenvalue weighted by molar-refractivity contribution is 0.0899. The molecule has 2 aliphatic rings. The quantitative estimate of drug-likeness (QED) is 0.530. The Morgan fingerprint density at radius 2 is 2.11 bits per heavy atom. The van der Waals surface area contributed by atoms with Gasteiger partial charge in [-0.1, -0.05) is 33.0 Å². The minimum atomic E-state index is -1.05. The summed E-state index contributed by atoms with van der Waals surface area (Å²) in [5.74, 6) is 2.00. The van der Waals surface area contributed by atoms with Gasteiger partial charge in [0.15, 0.2) is 0 Å². The number of aromatic nitrogens is 3. The normalized spacial score (nSPS) is 25.9. The first kappa shape index (κ1) is 18.9. The molecule has 0 bridgehead atoms. The number of piperidine rings is 1. The van der Waals surface area contributed by atoms with Crippen LogP contribution in [0.2, 0.25) is 25.7 Å². The van der Waals surface area contributed by atoms with Gasteiger partial charge in [0.1, 0.15) is 24.5 Å². The number of nitrogens with zero attached hydrogens (tertiary/aromatic N) is 4. The molecule has 2 aromatic rings. The van der Waals surface area contributed by atoms with E-state index in [0.29, 0.717) is 12.1 Å². The highest BCUT2D eigenvalue weighted by molar-refractivity contribution is 6.76. The van der Waals surface area contributed by atoms with Gasteiger partial charge in [-0.15, -0.1) is 0 Å². The predicted octanol–water partition coefficient (Wildman–Crippen LogP) is 4.76. The zero-order valence-corrected chi connectivity index (χ0v) is 18.4. The van der Waals surface area contributed by atoms with Gasteiger partial charge < -0.3 is 14.2 Å². The van der Waals surface area contributed by atoms with E-state index in [1.54, 1.807) is 6.33 Å². The summed E-state index contributed by atoms with van der Waals surface area (Å²) in [6, 6.07) is 3.36. The van der Waals surface area contributed by atoms with Gasteiger partial charge in [0, 0.05) is 34.0 Å². The van der Waals surface area contributed by atoms with Crippen molar-refractivity contribution in [3.8, 4) is 0 Å². The molecule has 2 atom stereocenters. The molecule has 0 radical (unpaired) electrons. The Morgan fingerprint density at radius 1 is 1.26 bits per heavy atom. The van der Waals surface area contributed by atoms with Crippen molar-refractivity contribution in [3.63, 3.8) is 0 Å². The molecular weight excluding hydrogens is 352 g/mol. The largest absolute Gasteiger partial charge is 0.361 e. The third-order valence-electron chi connectivity index (χ3n) is 6.65. The van der Waals surface area contributed by atoms with Crippen LogP contribution >= 0.6 is 0 Å². The molecule has 4 rings (SSSR count). The maximum absolute atomic E-state index is 5.94. The van der Waals surface area contributed by atoms with E-state index in [4.69, 9.17) is 4.74 Å². The van der Waals surface area contributed by atoms with Crippen LogP contribution in [0.1, 0.15) is 32.6 Å². The Hall–Kier alpha value is -1.40. The number of hydrogen-bond acceptors (Lipinski definition) is 4. The molecule has 5 nitrogen and oxygen atoms in total. The van der Waals surface area contributed by atoms with Gasteiger partial charge in [-0.05, 0) is 42.7 Å². The maximum atomic E-state index is 5.94. The molecule has 1 aliphatic carbocycles. The number of rotatable bonds is 6. The van der Waals surface area contributed by atoms with Gasteiger partial charge in [0.25, 0.3) is 0 Å². The molecular formula is C21H34N4OSi. The molecule has 3 heterocycles. The summed E-state index contributed by atoms with van der Waals surface area (Å²) < 4.78 is 8.06. The van der Waals surface area contributed by atoms with Crippen molar-refractivity contribution in [2.75, 3.05) is 24.6 Å². The highest BCUT2D eigenvalue weighted by atomic mass is 28.3. The topological polar surface area (TPSA) is 43.2 Å². The van der Waals surface area contributed by atoms with Crippen LogP contribution in [0, 0.1) is 11.3 Å². The number of fused-ring (bicyclic) bond motifs is 2. The molecule has 2 fully saturated rings. The number of hydrogen-bond donors (Lipinski definition) is 0. The van der Waals surface area contributed by atoms with E-state index in [-0.39, 0.29) is 0 Å². The molecule has 0 unspecified atom stereocenters. The van der Waals surface area contributed by atoms with Crippen LogP contribution in [0.3, 0.4) is 0 Å². The van der Waals surface area contributed by atoms with Gasteiger partial charge >= 0.3 is 0 Å². The molecule has 0 aromatic carbocycles. The van der Waals surface area contributed by atoms with Gasteiger partial charge in [0.2, 0.25) is 0 Å². The second-order valence-corrected chi connectivity index (χ2v) is 15.6. The minimum Gasteiger partial charge on any atom is -0.361 e. The van der Waals surface area contributed by atoms with Crippen molar-refractivity contribution in [1.29, 1.82) is 0 Å². The molecule has 6 heteroatoms. The molecule has 1 saturated heterocycles. The zero-order chi connectivity index (χ0) is 19.1. The van der Waals surface area contributed by atoms with Crippen molar-refractivity contribution >= 4 is 24.9 Å². The van der Waals surface area contributed by atoms with E-state index in [2.05, 4.69) is 58.3 Å². The lowest BCUT2D eigenvalue weighted by Gasteiger charge is -2.43. The number of ether oxygens (including phenoxy) is 1. The summed E-state index contributed by atoms with van der Waals surface area (Å²) in [4.78, 5) is 11.7. The Bertz CT molecular complexity index is 799. The first-order valence-corrected chi connectivity index (χ1v) is 14.2. The predicted molar refractivity (Wildman–Crippen MR) is 114 cm³/mol. The summed E-state index contributed by atoms with van der Waals surface area (Å²) in [6.45, 7) is 13.3. The maximum Gasteiger partial charge on any atom is 0.147 e. The van der Waals surface area contributed by atoms with E-state index in [1.165, 1.54) is 31.7 Å². The van der Waals surface area contributed by atoms with Crippen LogP contribution in [-0.4, -0.2) is 42.3 Å². The minimum absolute atomic E-state index is 0.456. The fourth-order valence-corrected chi connectivity index (χ4v) is 5.66. The fraction of sp³-hybridized carbons (Fsp3) is 0.714. The van der Waals surface area contributed by atoms with E-state index >= 15 is 0 Å². The molecule has 0 amide bonds. The van der Waals surface area contributed by atoms with Gasteiger partial charge in [0.05, 0.1) is 5.39 Å². The van der Waals surface area contributed by atoms with E-state index in [0.717, 1.165) is 42.5 Å². The molecule has 2 aromatic heterocycles. The van der Waals surface area contributed by atoms with E-state index in [9.17, 15) is 0 Å². The average Bonchev–Trinajstić information content (AvgIpc) is 3.20. The highest BCUT2D eigenvalue weighted by Crippen LogP contribution is 2.48. The average molecular weight is 387 g/mol. The van der Waals surface area contributed by atoms with Gasteiger partial charge in [-0.25, -0.2) is 9.97 Å². The van der Waals surface area contributed by atoms with Crippen LogP contribution in [0.4, 0.5) is 5.82 Å². The molecule has 148 valence electrons. The van der Waals surface area contributed by atoms with Crippen molar-refractivity contribution < 1.29 is 4.74 Å². The zero-order valence-electron chi connectivity index (χ0n) is 17.4.